The number of nitrogens with one attached hydrogen (secondary N) is 1. The lowest BCUT2D eigenvalue weighted by molar-refractivity contribution is 0.0995. The first-order valence-electron chi connectivity index (χ1n) is 11.7. The average molecular weight is 499 g/mol. The number of nitrogens with zero attached hydrogens (tertiary/aromatic N) is 1. The van der Waals surface area contributed by atoms with Crippen LogP contribution in [0.15, 0.2) is 83.4 Å². The Morgan fingerprint density at radius 1 is 0.972 bits per heavy atom. The van der Waals surface area contributed by atoms with E-state index in [-0.39, 0.29) is 18.3 Å². The summed E-state index contributed by atoms with van der Waals surface area (Å²) in [4.78, 5) is 18.7. The number of hydrogen-bond acceptors (Lipinski definition) is 6. The van der Waals surface area contributed by atoms with Crippen LogP contribution in [0, 0.1) is 0 Å². The van der Waals surface area contributed by atoms with Crippen molar-refractivity contribution < 1.29 is 18.7 Å². The second-order valence-corrected chi connectivity index (χ2v) is 9.39. The summed E-state index contributed by atoms with van der Waals surface area (Å²) in [6.45, 7) is 2.29. The van der Waals surface area contributed by atoms with Crippen molar-refractivity contribution >= 4 is 33.3 Å². The predicted octanol–water partition coefficient (Wildman–Crippen LogP) is 6.88. The van der Waals surface area contributed by atoms with Gasteiger partial charge < -0.3 is 13.9 Å². The van der Waals surface area contributed by atoms with Crippen molar-refractivity contribution in [2.45, 2.75) is 26.4 Å². The first-order valence-corrected chi connectivity index (χ1v) is 12.6. The highest BCUT2D eigenvalue weighted by atomic mass is 32.1. The maximum absolute atomic E-state index is 13.3. The van der Waals surface area contributed by atoms with Crippen molar-refractivity contribution in [1.29, 1.82) is 0 Å². The number of furan rings is 1. The highest BCUT2D eigenvalue weighted by Crippen LogP contribution is 2.31. The normalized spacial score (nSPS) is 10.9. The highest BCUT2D eigenvalue weighted by Gasteiger charge is 2.22. The highest BCUT2D eigenvalue weighted by molar-refractivity contribution is 7.15. The van der Waals surface area contributed by atoms with Gasteiger partial charge in [0.25, 0.3) is 5.91 Å². The molecular formula is C29H26N2O4S. The number of aryl methyl sites for hydroxylation is 1. The molecule has 2 aromatic heterocycles. The number of carbonyl (C=O) groups is 1. The molecule has 5 rings (SSSR count). The van der Waals surface area contributed by atoms with Gasteiger partial charge in [-0.25, -0.2) is 4.98 Å². The molecule has 0 aliphatic heterocycles. The van der Waals surface area contributed by atoms with Crippen molar-refractivity contribution in [2.24, 2.45) is 0 Å². The fourth-order valence-corrected chi connectivity index (χ4v) is 4.85. The predicted molar refractivity (Wildman–Crippen MR) is 142 cm³/mol. The van der Waals surface area contributed by atoms with Gasteiger partial charge in [0.1, 0.15) is 12.2 Å². The molecule has 0 bridgehead atoms. The van der Waals surface area contributed by atoms with E-state index in [1.54, 1.807) is 13.3 Å². The lowest BCUT2D eigenvalue weighted by Gasteiger charge is -2.10. The maximum atomic E-state index is 13.3. The minimum absolute atomic E-state index is 0.150. The number of para-hydroxylation sites is 3. The number of thiazole rings is 1. The Morgan fingerprint density at radius 2 is 1.69 bits per heavy atom. The minimum Gasteiger partial charge on any atom is -0.493 e. The summed E-state index contributed by atoms with van der Waals surface area (Å²) in [7, 11) is 1.59. The number of carbonyl (C=O) groups excluding carboxylic acids is 1. The quantitative estimate of drug-likeness (QED) is 0.240. The largest absolute Gasteiger partial charge is 0.493 e. The fraction of sp³-hybridized carbons (Fsp3) is 0.172. The summed E-state index contributed by atoms with van der Waals surface area (Å²) >= 11 is 1.46. The number of amides is 1. The lowest BCUT2D eigenvalue weighted by atomic mass is 10.1. The van der Waals surface area contributed by atoms with Gasteiger partial charge >= 0.3 is 0 Å². The van der Waals surface area contributed by atoms with Gasteiger partial charge in [-0.2, -0.15) is 0 Å². The molecule has 0 fully saturated rings. The van der Waals surface area contributed by atoms with E-state index in [1.807, 2.05) is 48.5 Å². The van der Waals surface area contributed by atoms with Gasteiger partial charge in [0.2, 0.25) is 0 Å². The van der Waals surface area contributed by atoms with E-state index in [0.717, 1.165) is 23.1 Å². The number of ether oxygens (including phenoxy) is 2. The third kappa shape index (κ3) is 5.11. The van der Waals surface area contributed by atoms with Gasteiger partial charge in [-0.1, -0.05) is 61.5 Å². The molecule has 0 spiro atoms. The van der Waals surface area contributed by atoms with E-state index >= 15 is 0 Å². The molecule has 5 aromatic rings. The Balaban J connectivity index is 1.34. The number of fused-ring (bicyclic) bond motifs is 1. The molecule has 0 atom stereocenters. The monoisotopic (exact) mass is 498 g/mol. The molecule has 2 heterocycles. The van der Waals surface area contributed by atoms with Gasteiger partial charge in [-0.3, -0.25) is 10.1 Å². The van der Waals surface area contributed by atoms with E-state index in [0.29, 0.717) is 27.8 Å². The van der Waals surface area contributed by atoms with Crippen LogP contribution in [0.2, 0.25) is 0 Å². The van der Waals surface area contributed by atoms with Crippen molar-refractivity contribution in [1.82, 2.24) is 4.98 Å². The van der Waals surface area contributed by atoms with Crippen molar-refractivity contribution in [3.05, 3.63) is 106 Å². The zero-order valence-electron chi connectivity index (χ0n) is 20.1. The van der Waals surface area contributed by atoms with E-state index in [4.69, 9.17) is 13.9 Å². The second kappa shape index (κ2) is 10.7. The molecule has 182 valence electrons. The van der Waals surface area contributed by atoms with Crippen LogP contribution in [-0.2, 0) is 19.4 Å². The Hall–Kier alpha value is -4.10. The first-order chi connectivity index (χ1) is 17.6. The van der Waals surface area contributed by atoms with Gasteiger partial charge in [0.05, 0.1) is 7.11 Å². The summed E-state index contributed by atoms with van der Waals surface area (Å²) in [6.07, 6.45) is 3.59. The molecule has 0 aliphatic carbocycles. The van der Waals surface area contributed by atoms with E-state index < -0.39 is 0 Å². The molecule has 6 nitrogen and oxygen atoms in total. The zero-order valence-corrected chi connectivity index (χ0v) is 20.9. The smallest absolute Gasteiger partial charge is 0.293 e. The third-order valence-electron chi connectivity index (χ3n) is 5.93. The third-order valence-corrected chi connectivity index (χ3v) is 6.84. The average Bonchev–Trinajstić information content (AvgIpc) is 3.52. The Kier molecular flexibility index (Phi) is 7.00. The van der Waals surface area contributed by atoms with Crippen LogP contribution >= 0.6 is 11.3 Å². The summed E-state index contributed by atoms with van der Waals surface area (Å²) in [6, 6.07) is 23.5. The van der Waals surface area contributed by atoms with Crippen molar-refractivity contribution in [3.8, 4) is 11.5 Å². The number of rotatable bonds is 9. The van der Waals surface area contributed by atoms with E-state index in [2.05, 4.69) is 41.5 Å². The number of aromatic nitrogens is 1. The standard InChI is InChI=1S/C29H26N2O4S/c1-3-19-12-14-20(15-13-19)16-21-17-30-29(36-21)31-28(32)27-23(22-8-4-5-9-24(22)35-27)18-34-26-11-7-6-10-25(26)33-2/h4-15,17H,3,16,18H2,1-2H3,(H,30,31,32). The van der Waals surface area contributed by atoms with Crippen molar-refractivity contribution in [2.75, 3.05) is 12.4 Å². The molecule has 0 saturated heterocycles. The summed E-state index contributed by atoms with van der Waals surface area (Å²) in [5.74, 6) is 1.06. The molecule has 0 unspecified atom stereocenters. The van der Waals surface area contributed by atoms with Gasteiger partial charge in [0.15, 0.2) is 22.4 Å². The topological polar surface area (TPSA) is 73.6 Å². The zero-order chi connectivity index (χ0) is 24.9. The number of benzene rings is 3. The van der Waals surface area contributed by atoms with Crippen LogP contribution in [0.4, 0.5) is 5.13 Å². The molecular weight excluding hydrogens is 472 g/mol. The fourth-order valence-electron chi connectivity index (χ4n) is 4.01. The number of methoxy groups -OCH3 is 1. The molecule has 36 heavy (non-hydrogen) atoms. The van der Waals surface area contributed by atoms with Crippen LogP contribution in [0.3, 0.4) is 0 Å². The van der Waals surface area contributed by atoms with Crippen LogP contribution < -0.4 is 14.8 Å². The van der Waals surface area contributed by atoms with Crippen LogP contribution in [0.1, 0.15) is 39.0 Å². The van der Waals surface area contributed by atoms with E-state index in [9.17, 15) is 4.79 Å². The Bertz CT molecular complexity index is 1490. The van der Waals surface area contributed by atoms with Crippen LogP contribution in [0.25, 0.3) is 11.0 Å². The molecule has 3 aromatic carbocycles. The van der Waals surface area contributed by atoms with Crippen LogP contribution in [-0.4, -0.2) is 18.0 Å². The summed E-state index contributed by atoms with van der Waals surface area (Å²) < 4.78 is 17.4. The molecule has 7 heteroatoms. The van der Waals surface area contributed by atoms with Gasteiger partial charge in [-0.15, -0.1) is 11.3 Å². The summed E-state index contributed by atoms with van der Waals surface area (Å²) in [5, 5.41) is 4.25. The SMILES string of the molecule is CCc1ccc(Cc2cnc(NC(=O)c3oc4ccccc4c3COc3ccccc3OC)s2)cc1. The molecule has 0 saturated carbocycles. The Labute approximate surface area is 213 Å². The number of anilines is 1. The molecule has 0 aliphatic rings. The molecule has 1 N–H and O–H groups in total. The second-order valence-electron chi connectivity index (χ2n) is 8.28. The van der Waals surface area contributed by atoms with E-state index in [1.165, 1.54) is 22.5 Å². The van der Waals surface area contributed by atoms with Gasteiger partial charge in [-0.05, 0) is 35.7 Å². The lowest BCUT2D eigenvalue weighted by Crippen LogP contribution is -2.13. The van der Waals surface area contributed by atoms with Gasteiger partial charge in [0, 0.05) is 28.4 Å². The molecule has 1 amide bonds. The number of hydrogen-bond donors (Lipinski definition) is 1. The first kappa shape index (κ1) is 23.6. The Morgan fingerprint density at radius 3 is 2.47 bits per heavy atom. The maximum Gasteiger partial charge on any atom is 0.293 e. The minimum atomic E-state index is -0.363. The molecule has 0 radical (unpaired) electrons. The van der Waals surface area contributed by atoms with Crippen molar-refractivity contribution in [3.63, 3.8) is 0 Å². The summed E-state index contributed by atoms with van der Waals surface area (Å²) in [5.41, 5.74) is 3.81. The van der Waals surface area contributed by atoms with Crippen LogP contribution in [0.5, 0.6) is 11.5 Å².